The van der Waals surface area contributed by atoms with Gasteiger partial charge in [-0.3, -0.25) is 4.79 Å². The Morgan fingerprint density at radius 3 is 2.17 bits per heavy atom. The minimum Gasteiger partial charge on any atom is -0.490 e. The highest BCUT2D eigenvalue weighted by Crippen LogP contribution is 2.27. The van der Waals surface area contributed by atoms with Gasteiger partial charge in [0.1, 0.15) is 0 Å². The van der Waals surface area contributed by atoms with Gasteiger partial charge in [0.25, 0.3) is 0 Å². The number of carboxylic acid groups (broad SMARTS) is 1. The molecule has 2 rings (SSSR count). The number of aromatic nitrogens is 2. The third kappa shape index (κ3) is 7.90. The van der Waals surface area contributed by atoms with Crippen molar-refractivity contribution in [2.75, 3.05) is 31.3 Å². The molecule has 0 saturated heterocycles. The van der Waals surface area contributed by atoms with E-state index in [9.17, 15) is 4.79 Å². The maximum Gasteiger partial charge on any atom is 0.303 e. The second kappa shape index (κ2) is 12.5. The lowest BCUT2D eigenvalue weighted by Gasteiger charge is -2.14. The van der Waals surface area contributed by atoms with Gasteiger partial charge in [-0.25, -0.2) is 4.98 Å². The van der Waals surface area contributed by atoms with E-state index in [1.54, 1.807) is 12.1 Å². The number of carboxylic acids is 1. The van der Waals surface area contributed by atoms with E-state index in [1.165, 1.54) is 0 Å². The second-order valence-electron chi connectivity index (χ2n) is 5.94. The van der Waals surface area contributed by atoms with E-state index in [-0.39, 0.29) is 30.6 Å². The zero-order chi connectivity index (χ0) is 20.4. The minimum atomic E-state index is -0.841. The summed E-state index contributed by atoms with van der Waals surface area (Å²) in [4.78, 5) is 18.6. The number of para-hydroxylation sites is 2. The SMILES string of the molecule is CCc1nc(N)nc(N)c1OCCCOc1ccccc1OCCCC(=O)O.Cl. The second-order valence-corrected chi connectivity index (χ2v) is 5.94. The molecule has 160 valence electrons. The summed E-state index contributed by atoms with van der Waals surface area (Å²) in [6.07, 6.45) is 1.75. The molecule has 10 heteroatoms. The van der Waals surface area contributed by atoms with E-state index in [4.69, 9.17) is 30.8 Å². The number of rotatable bonds is 12. The molecule has 1 aromatic carbocycles. The van der Waals surface area contributed by atoms with Crippen LogP contribution in [0.5, 0.6) is 17.2 Å². The molecule has 0 fully saturated rings. The highest BCUT2D eigenvalue weighted by atomic mass is 35.5. The van der Waals surface area contributed by atoms with Crippen LogP contribution in [0.4, 0.5) is 11.8 Å². The van der Waals surface area contributed by atoms with Gasteiger partial charge in [0, 0.05) is 12.8 Å². The van der Waals surface area contributed by atoms with Crippen molar-refractivity contribution >= 4 is 30.1 Å². The molecule has 0 radical (unpaired) electrons. The lowest BCUT2D eigenvalue weighted by Crippen LogP contribution is -2.11. The highest BCUT2D eigenvalue weighted by Gasteiger charge is 2.11. The molecule has 0 atom stereocenters. The Morgan fingerprint density at radius 1 is 1.00 bits per heavy atom. The highest BCUT2D eigenvalue weighted by molar-refractivity contribution is 5.85. The van der Waals surface area contributed by atoms with Crippen LogP contribution in [0.3, 0.4) is 0 Å². The number of anilines is 2. The fourth-order valence-electron chi connectivity index (χ4n) is 2.44. The van der Waals surface area contributed by atoms with E-state index in [2.05, 4.69) is 9.97 Å². The molecule has 0 spiro atoms. The van der Waals surface area contributed by atoms with Crippen LogP contribution in [-0.2, 0) is 11.2 Å². The standard InChI is InChI=1S/C19H26N4O5.ClH/c1-2-13-17(18(20)23-19(21)22-13)28-12-6-11-27-15-8-4-3-7-14(15)26-10-5-9-16(24)25;/h3-4,7-8H,2,5-6,9-12H2,1H3,(H,24,25)(H4,20,21,22,23);1H. The smallest absolute Gasteiger partial charge is 0.303 e. The van der Waals surface area contributed by atoms with Crippen molar-refractivity contribution in [3.63, 3.8) is 0 Å². The van der Waals surface area contributed by atoms with Gasteiger partial charge in [-0.1, -0.05) is 19.1 Å². The first-order chi connectivity index (χ1) is 13.5. The number of halogens is 1. The summed E-state index contributed by atoms with van der Waals surface area (Å²) in [5, 5.41) is 8.66. The monoisotopic (exact) mass is 426 g/mol. The van der Waals surface area contributed by atoms with Gasteiger partial charge in [0.2, 0.25) is 5.95 Å². The number of nitrogen functional groups attached to an aromatic ring is 2. The largest absolute Gasteiger partial charge is 0.490 e. The molecular weight excluding hydrogens is 400 g/mol. The topological polar surface area (TPSA) is 143 Å². The Hall–Kier alpha value is -2.94. The first-order valence-electron chi connectivity index (χ1n) is 9.12. The summed E-state index contributed by atoms with van der Waals surface area (Å²) in [6, 6.07) is 7.26. The number of hydrogen-bond donors (Lipinski definition) is 3. The quantitative estimate of drug-likeness (QED) is 0.436. The maximum atomic E-state index is 10.5. The van der Waals surface area contributed by atoms with Crippen molar-refractivity contribution in [2.24, 2.45) is 0 Å². The van der Waals surface area contributed by atoms with Gasteiger partial charge in [-0.05, 0) is 25.0 Å². The zero-order valence-corrected chi connectivity index (χ0v) is 17.1. The van der Waals surface area contributed by atoms with Crippen LogP contribution in [0.2, 0.25) is 0 Å². The van der Waals surface area contributed by atoms with E-state index in [0.29, 0.717) is 62.0 Å². The first-order valence-corrected chi connectivity index (χ1v) is 9.12. The van der Waals surface area contributed by atoms with Crippen LogP contribution in [0, 0.1) is 0 Å². The van der Waals surface area contributed by atoms with E-state index in [0.717, 1.165) is 0 Å². The first kappa shape index (κ1) is 24.1. The van der Waals surface area contributed by atoms with Crippen molar-refractivity contribution in [2.45, 2.75) is 32.6 Å². The summed E-state index contributed by atoms with van der Waals surface area (Å²) in [7, 11) is 0. The fraction of sp³-hybridized carbons (Fsp3) is 0.421. The number of nitrogens with two attached hydrogens (primary N) is 2. The van der Waals surface area contributed by atoms with Gasteiger partial charge >= 0.3 is 5.97 Å². The molecule has 0 aliphatic carbocycles. The molecule has 0 amide bonds. The molecular formula is C19H27ClN4O5. The number of ether oxygens (including phenoxy) is 3. The minimum absolute atomic E-state index is 0. The lowest BCUT2D eigenvalue weighted by atomic mass is 10.3. The number of benzene rings is 1. The summed E-state index contributed by atoms with van der Waals surface area (Å²) >= 11 is 0. The third-order valence-electron chi connectivity index (χ3n) is 3.75. The summed E-state index contributed by atoms with van der Waals surface area (Å²) in [6.45, 7) is 3.04. The van der Waals surface area contributed by atoms with Crippen LogP contribution in [-0.4, -0.2) is 40.9 Å². The molecule has 0 bridgehead atoms. The van der Waals surface area contributed by atoms with Gasteiger partial charge < -0.3 is 30.8 Å². The molecule has 1 aromatic heterocycles. The van der Waals surface area contributed by atoms with Crippen LogP contribution in [0.15, 0.2) is 24.3 Å². The van der Waals surface area contributed by atoms with Crippen molar-refractivity contribution < 1.29 is 24.1 Å². The number of nitrogens with zero attached hydrogens (tertiary/aromatic N) is 2. The van der Waals surface area contributed by atoms with Gasteiger partial charge in [-0.15, -0.1) is 12.4 Å². The number of aliphatic carboxylic acids is 1. The molecule has 0 aliphatic rings. The summed E-state index contributed by atoms with van der Waals surface area (Å²) in [5.41, 5.74) is 12.1. The summed E-state index contributed by atoms with van der Waals surface area (Å²) < 4.78 is 17.1. The Labute approximate surface area is 175 Å². The van der Waals surface area contributed by atoms with Crippen LogP contribution >= 0.6 is 12.4 Å². The van der Waals surface area contributed by atoms with Crippen LogP contribution in [0.25, 0.3) is 0 Å². The zero-order valence-electron chi connectivity index (χ0n) is 16.3. The Morgan fingerprint density at radius 2 is 1.59 bits per heavy atom. The number of carbonyl (C=O) groups is 1. The molecule has 29 heavy (non-hydrogen) atoms. The van der Waals surface area contributed by atoms with Crippen molar-refractivity contribution in [1.82, 2.24) is 9.97 Å². The van der Waals surface area contributed by atoms with Gasteiger partial charge in [0.05, 0.1) is 25.5 Å². The van der Waals surface area contributed by atoms with Crippen LogP contribution in [0.1, 0.15) is 31.9 Å². The molecule has 1 heterocycles. The molecule has 5 N–H and O–H groups in total. The van der Waals surface area contributed by atoms with Gasteiger partial charge in [-0.2, -0.15) is 4.98 Å². The Bertz CT molecular complexity index is 791. The fourth-order valence-corrected chi connectivity index (χ4v) is 2.44. The lowest BCUT2D eigenvalue weighted by molar-refractivity contribution is -0.137. The molecule has 9 nitrogen and oxygen atoms in total. The van der Waals surface area contributed by atoms with E-state index in [1.807, 2.05) is 19.1 Å². The average Bonchev–Trinajstić information content (AvgIpc) is 2.66. The summed E-state index contributed by atoms with van der Waals surface area (Å²) in [5.74, 6) is 1.15. The predicted molar refractivity (Wildman–Crippen MR) is 112 cm³/mol. The normalized spacial score (nSPS) is 10.1. The molecule has 0 saturated carbocycles. The predicted octanol–water partition coefficient (Wildman–Crippen LogP) is 2.72. The number of aryl methyl sites for hydroxylation is 1. The van der Waals surface area contributed by atoms with Crippen molar-refractivity contribution in [3.8, 4) is 17.2 Å². The Balaban J connectivity index is 0.00000420. The van der Waals surface area contributed by atoms with Gasteiger partial charge in [0.15, 0.2) is 23.1 Å². The van der Waals surface area contributed by atoms with E-state index < -0.39 is 5.97 Å². The van der Waals surface area contributed by atoms with E-state index >= 15 is 0 Å². The molecule has 2 aromatic rings. The maximum absolute atomic E-state index is 10.5. The Kier molecular flexibility index (Phi) is 10.4. The molecule has 0 unspecified atom stereocenters. The van der Waals surface area contributed by atoms with Crippen molar-refractivity contribution in [3.05, 3.63) is 30.0 Å². The van der Waals surface area contributed by atoms with Crippen LogP contribution < -0.4 is 25.7 Å². The molecule has 0 aliphatic heterocycles. The third-order valence-corrected chi connectivity index (χ3v) is 3.75. The van der Waals surface area contributed by atoms with Crippen molar-refractivity contribution in [1.29, 1.82) is 0 Å². The average molecular weight is 427 g/mol. The number of hydrogen-bond acceptors (Lipinski definition) is 8.